The lowest BCUT2D eigenvalue weighted by atomic mass is 9.89. The van der Waals surface area contributed by atoms with Crippen molar-refractivity contribution in [3.05, 3.63) is 29.8 Å². The summed E-state index contributed by atoms with van der Waals surface area (Å²) in [6, 6.07) is 8.62. The maximum Gasteiger partial charge on any atom is 0.0431 e. The van der Waals surface area contributed by atoms with Crippen LogP contribution in [0.3, 0.4) is 0 Å². The Morgan fingerprint density at radius 2 is 2.20 bits per heavy atom. The first-order valence-electron chi connectivity index (χ1n) is 5.71. The van der Waals surface area contributed by atoms with Crippen LogP contribution in [0.15, 0.2) is 24.3 Å². The SMILES string of the molecule is CN1CC(CCCO)Cc2ccccc21. The summed E-state index contributed by atoms with van der Waals surface area (Å²) in [5.41, 5.74) is 2.83. The Morgan fingerprint density at radius 3 is 3.00 bits per heavy atom. The average molecular weight is 205 g/mol. The van der Waals surface area contributed by atoms with Crippen molar-refractivity contribution in [2.45, 2.75) is 19.3 Å². The molecule has 0 spiro atoms. The van der Waals surface area contributed by atoms with E-state index in [-0.39, 0.29) is 0 Å². The molecule has 1 N–H and O–H groups in total. The highest BCUT2D eigenvalue weighted by atomic mass is 16.2. The van der Waals surface area contributed by atoms with Gasteiger partial charge in [-0.2, -0.15) is 0 Å². The van der Waals surface area contributed by atoms with E-state index in [1.165, 1.54) is 17.7 Å². The van der Waals surface area contributed by atoms with Gasteiger partial charge < -0.3 is 10.0 Å². The zero-order valence-electron chi connectivity index (χ0n) is 9.32. The van der Waals surface area contributed by atoms with Gasteiger partial charge in [0.05, 0.1) is 0 Å². The number of hydrogen-bond donors (Lipinski definition) is 1. The highest BCUT2D eigenvalue weighted by molar-refractivity contribution is 5.55. The first-order valence-corrected chi connectivity index (χ1v) is 5.71. The number of anilines is 1. The fourth-order valence-corrected chi connectivity index (χ4v) is 2.49. The molecule has 0 saturated heterocycles. The normalized spacial score (nSPS) is 20.1. The third-order valence-electron chi connectivity index (χ3n) is 3.21. The fourth-order valence-electron chi connectivity index (χ4n) is 2.49. The molecule has 1 unspecified atom stereocenters. The highest BCUT2D eigenvalue weighted by Crippen LogP contribution is 2.29. The van der Waals surface area contributed by atoms with Gasteiger partial charge in [0.15, 0.2) is 0 Å². The van der Waals surface area contributed by atoms with Crippen molar-refractivity contribution in [1.82, 2.24) is 0 Å². The molecule has 1 aromatic rings. The smallest absolute Gasteiger partial charge is 0.0431 e. The molecule has 1 aliphatic heterocycles. The van der Waals surface area contributed by atoms with E-state index in [0.29, 0.717) is 12.5 Å². The van der Waals surface area contributed by atoms with Gasteiger partial charge in [0, 0.05) is 25.9 Å². The summed E-state index contributed by atoms with van der Waals surface area (Å²) in [6.45, 7) is 1.44. The maximum atomic E-state index is 8.84. The van der Waals surface area contributed by atoms with Crippen molar-refractivity contribution < 1.29 is 5.11 Å². The molecule has 2 rings (SSSR count). The highest BCUT2D eigenvalue weighted by Gasteiger charge is 2.20. The molecule has 1 aromatic carbocycles. The second-order valence-corrected chi connectivity index (χ2v) is 4.45. The van der Waals surface area contributed by atoms with Crippen LogP contribution in [-0.4, -0.2) is 25.3 Å². The molecule has 2 nitrogen and oxygen atoms in total. The van der Waals surface area contributed by atoms with Crippen LogP contribution in [0.4, 0.5) is 5.69 Å². The van der Waals surface area contributed by atoms with E-state index in [1.807, 2.05) is 0 Å². The number of rotatable bonds is 3. The predicted octanol–water partition coefficient (Wildman–Crippen LogP) is 2.07. The third-order valence-corrected chi connectivity index (χ3v) is 3.21. The molecule has 0 saturated carbocycles. The standard InChI is InChI=1S/C13H19NO/c1-14-10-11(5-4-8-15)9-12-6-2-3-7-13(12)14/h2-3,6-7,11,15H,4-5,8-10H2,1H3. The molecule has 15 heavy (non-hydrogen) atoms. The van der Waals surface area contributed by atoms with Crippen LogP contribution >= 0.6 is 0 Å². The summed E-state index contributed by atoms with van der Waals surface area (Å²) in [4.78, 5) is 2.33. The molecule has 1 aliphatic rings. The van der Waals surface area contributed by atoms with Crippen molar-refractivity contribution in [3.8, 4) is 0 Å². The van der Waals surface area contributed by atoms with Crippen LogP contribution in [0.2, 0.25) is 0 Å². The molecule has 0 aliphatic carbocycles. The van der Waals surface area contributed by atoms with Crippen molar-refractivity contribution >= 4 is 5.69 Å². The van der Waals surface area contributed by atoms with Crippen LogP contribution in [-0.2, 0) is 6.42 Å². The van der Waals surface area contributed by atoms with Crippen molar-refractivity contribution in [3.63, 3.8) is 0 Å². The zero-order valence-corrected chi connectivity index (χ0v) is 9.32. The molecule has 0 radical (unpaired) electrons. The molecule has 0 aromatic heterocycles. The van der Waals surface area contributed by atoms with E-state index in [2.05, 4.69) is 36.2 Å². The second-order valence-electron chi connectivity index (χ2n) is 4.45. The van der Waals surface area contributed by atoms with Crippen LogP contribution < -0.4 is 4.90 Å². The summed E-state index contributed by atoms with van der Waals surface area (Å²) in [6.07, 6.45) is 3.23. The Kier molecular flexibility index (Phi) is 3.27. The molecule has 0 amide bonds. The molecular weight excluding hydrogens is 186 g/mol. The Labute approximate surface area is 91.5 Å². The van der Waals surface area contributed by atoms with Crippen LogP contribution in [0, 0.1) is 5.92 Å². The molecule has 0 bridgehead atoms. The monoisotopic (exact) mass is 205 g/mol. The van der Waals surface area contributed by atoms with Crippen LogP contribution in [0.5, 0.6) is 0 Å². The molecule has 82 valence electrons. The van der Waals surface area contributed by atoms with Crippen molar-refractivity contribution in [2.75, 3.05) is 25.1 Å². The van der Waals surface area contributed by atoms with Crippen LogP contribution in [0.1, 0.15) is 18.4 Å². The summed E-state index contributed by atoms with van der Waals surface area (Å²) >= 11 is 0. The van der Waals surface area contributed by atoms with E-state index < -0.39 is 0 Å². The number of hydrogen-bond acceptors (Lipinski definition) is 2. The number of nitrogens with zero attached hydrogens (tertiary/aromatic N) is 1. The number of fused-ring (bicyclic) bond motifs is 1. The van der Waals surface area contributed by atoms with Gasteiger partial charge in [-0.15, -0.1) is 0 Å². The van der Waals surface area contributed by atoms with Gasteiger partial charge in [-0.05, 0) is 36.8 Å². The Morgan fingerprint density at radius 1 is 1.40 bits per heavy atom. The zero-order chi connectivity index (χ0) is 10.7. The van der Waals surface area contributed by atoms with Gasteiger partial charge in [0.25, 0.3) is 0 Å². The van der Waals surface area contributed by atoms with Gasteiger partial charge in [0.1, 0.15) is 0 Å². The number of para-hydroxylation sites is 1. The predicted molar refractivity (Wildman–Crippen MR) is 63.2 cm³/mol. The number of aliphatic hydroxyl groups is 1. The lowest BCUT2D eigenvalue weighted by molar-refractivity contribution is 0.270. The van der Waals surface area contributed by atoms with Gasteiger partial charge in [-0.3, -0.25) is 0 Å². The van der Waals surface area contributed by atoms with E-state index >= 15 is 0 Å². The summed E-state index contributed by atoms with van der Waals surface area (Å²) in [7, 11) is 2.16. The molecular formula is C13H19NO. The molecule has 2 heteroatoms. The number of aliphatic hydroxyl groups excluding tert-OH is 1. The van der Waals surface area contributed by atoms with E-state index in [9.17, 15) is 0 Å². The van der Waals surface area contributed by atoms with Gasteiger partial charge >= 0.3 is 0 Å². The van der Waals surface area contributed by atoms with E-state index in [1.54, 1.807) is 0 Å². The van der Waals surface area contributed by atoms with Crippen LogP contribution in [0.25, 0.3) is 0 Å². The molecule has 1 heterocycles. The first kappa shape index (κ1) is 10.5. The Balaban J connectivity index is 2.08. The third kappa shape index (κ3) is 2.32. The quantitative estimate of drug-likeness (QED) is 0.816. The minimum Gasteiger partial charge on any atom is -0.396 e. The topological polar surface area (TPSA) is 23.5 Å². The van der Waals surface area contributed by atoms with E-state index in [0.717, 1.165) is 19.4 Å². The Hall–Kier alpha value is -1.02. The molecule has 1 atom stereocenters. The lowest BCUT2D eigenvalue weighted by Crippen LogP contribution is -2.32. The first-order chi connectivity index (χ1) is 7.31. The summed E-state index contributed by atoms with van der Waals surface area (Å²) in [5.74, 6) is 0.706. The fraction of sp³-hybridized carbons (Fsp3) is 0.538. The average Bonchev–Trinajstić information content (AvgIpc) is 2.26. The molecule has 0 fully saturated rings. The van der Waals surface area contributed by atoms with Crippen molar-refractivity contribution in [1.29, 1.82) is 0 Å². The largest absolute Gasteiger partial charge is 0.396 e. The van der Waals surface area contributed by atoms with Crippen molar-refractivity contribution in [2.24, 2.45) is 5.92 Å². The lowest BCUT2D eigenvalue weighted by Gasteiger charge is -2.33. The minimum absolute atomic E-state index is 0.321. The number of benzene rings is 1. The minimum atomic E-state index is 0.321. The second kappa shape index (κ2) is 4.67. The summed E-state index contributed by atoms with van der Waals surface area (Å²) in [5, 5.41) is 8.84. The summed E-state index contributed by atoms with van der Waals surface area (Å²) < 4.78 is 0. The maximum absolute atomic E-state index is 8.84. The van der Waals surface area contributed by atoms with Gasteiger partial charge in [-0.1, -0.05) is 18.2 Å². The van der Waals surface area contributed by atoms with Gasteiger partial charge in [-0.25, -0.2) is 0 Å². The Bertz CT molecular complexity index is 324. The van der Waals surface area contributed by atoms with E-state index in [4.69, 9.17) is 5.11 Å². The van der Waals surface area contributed by atoms with Gasteiger partial charge in [0.2, 0.25) is 0 Å².